The molecule has 2 heterocycles. The van der Waals surface area contributed by atoms with Crippen molar-refractivity contribution >= 4 is 22.9 Å². The molecule has 2 amide bonds. The van der Waals surface area contributed by atoms with E-state index in [1.165, 1.54) is 4.57 Å². The summed E-state index contributed by atoms with van der Waals surface area (Å²) >= 11 is 0. The van der Waals surface area contributed by atoms with Crippen molar-refractivity contribution in [2.45, 2.75) is 18.9 Å². The zero-order chi connectivity index (χ0) is 12.7. The molecule has 0 unspecified atom stereocenters. The number of hydrogen-bond donors (Lipinski definition) is 1. The fourth-order valence-corrected chi connectivity index (χ4v) is 2.27. The number of para-hydroxylation sites is 2. The van der Waals surface area contributed by atoms with E-state index in [1.807, 2.05) is 0 Å². The van der Waals surface area contributed by atoms with E-state index in [-0.39, 0.29) is 24.7 Å². The minimum absolute atomic E-state index is 0.106. The molecule has 1 saturated heterocycles. The zero-order valence-electron chi connectivity index (χ0n) is 9.38. The number of benzene rings is 1. The van der Waals surface area contributed by atoms with Crippen LogP contribution in [0.4, 0.5) is 0 Å². The standard InChI is InChI=1S/C12H10N2O4/c15-10-5-7(6-11(16)13-10)14-8-3-1-2-4-9(8)18-12(14)17/h1-4,7H,5-6H2,(H,13,15,16). The lowest BCUT2D eigenvalue weighted by atomic mass is 10.1. The fraction of sp³-hybridized carbons (Fsp3) is 0.250. The first-order valence-corrected chi connectivity index (χ1v) is 5.58. The van der Waals surface area contributed by atoms with Crippen molar-refractivity contribution in [3.63, 3.8) is 0 Å². The van der Waals surface area contributed by atoms with Gasteiger partial charge in [0.15, 0.2) is 5.58 Å². The molecule has 0 radical (unpaired) electrons. The number of aromatic nitrogens is 1. The van der Waals surface area contributed by atoms with E-state index in [9.17, 15) is 14.4 Å². The third-order valence-corrected chi connectivity index (χ3v) is 3.00. The number of amides is 2. The summed E-state index contributed by atoms with van der Waals surface area (Å²) in [6.45, 7) is 0. The highest BCUT2D eigenvalue weighted by Gasteiger charge is 2.29. The number of carbonyl (C=O) groups excluding carboxylic acids is 2. The largest absolute Gasteiger partial charge is 0.420 e. The average molecular weight is 246 g/mol. The molecule has 1 aliphatic heterocycles. The van der Waals surface area contributed by atoms with Crippen molar-refractivity contribution in [1.29, 1.82) is 0 Å². The number of fused-ring (bicyclic) bond motifs is 1. The van der Waals surface area contributed by atoms with Crippen molar-refractivity contribution in [3.8, 4) is 0 Å². The van der Waals surface area contributed by atoms with E-state index in [4.69, 9.17) is 4.42 Å². The second-order valence-corrected chi connectivity index (χ2v) is 4.24. The molecule has 1 N–H and O–H groups in total. The lowest BCUT2D eigenvalue weighted by Crippen LogP contribution is -2.40. The number of rotatable bonds is 1. The Kier molecular flexibility index (Phi) is 2.29. The lowest BCUT2D eigenvalue weighted by molar-refractivity contribution is -0.134. The Labute approximate surface area is 101 Å². The van der Waals surface area contributed by atoms with Gasteiger partial charge in [-0.2, -0.15) is 0 Å². The molecule has 3 rings (SSSR count). The van der Waals surface area contributed by atoms with Crippen LogP contribution in [-0.2, 0) is 9.59 Å². The van der Waals surface area contributed by atoms with Crippen molar-refractivity contribution in [1.82, 2.24) is 9.88 Å². The lowest BCUT2D eigenvalue weighted by Gasteiger charge is -2.21. The summed E-state index contributed by atoms with van der Waals surface area (Å²) in [4.78, 5) is 34.5. The molecule has 1 aromatic carbocycles. The van der Waals surface area contributed by atoms with Crippen LogP contribution >= 0.6 is 0 Å². The topological polar surface area (TPSA) is 81.3 Å². The number of piperidine rings is 1. The molecule has 6 nitrogen and oxygen atoms in total. The first-order chi connectivity index (χ1) is 8.65. The molecule has 92 valence electrons. The van der Waals surface area contributed by atoms with E-state index >= 15 is 0 Å². The molecule has 6 heteroatoms. The van der Waals surface area contributed by atoms with Gasteiger partial charge in [-0.25, -0.2) is 4.79 Å². The molecule has 1 fully saturated rings. The van der Waals surface area contributed by atoms with E-state index in [0.29, 0.717) is 11.1 Å². The van der Waals surface area contributed by atoms with Crippen molar-refractivity contribution in [3.05, 3.63) is 34.8 Å². The molecule has 2 aromatic rings. The molecular formula is C12H10N2O4. The molecule has 18 heavy (non-hydrogen) atoms. The number of carbonyl (C=O) groups is 2. The van der Waals surface area contributed by atoms with Crippen LogP contribution < -0.4 is 11.1 Å². The zero-order valence-corrected chi connectivity index (χ0v) is 9.38. The number of oxazole rings is 1. The Morgan fingerprint density at radius 3 is 2.50 bits per heavy atom. The van der Waals surface area contributed by atoms with Gasteiger partial charge >= 0.3 is 5.76 Å². The second kappa shape index (κ2) is 3.83. The second-order valence-electron chi connectivity index (χ2n) is 4.24. The monoisotopic (exact) mass is 246 g/mol. The maximum atomic E-state index is 11.8. The van der Waals surface area contributed by atoms with Gasteiger partial charge in [0.1, 0.15) is 0 Å². The first-order valence-electron chi connectivity index (χ1n) is 5.58. The number of nitrogens with one attached hydrogen (secondary N) is 1. The van der Waals surface area contributed by atoms with Crippen LogP contribution in [0.25, 0.3) is 11.1 Å². The maximum absolute atomic E-state index is 11.8. The summed E-state index contributed by atoms with van der Waals surface area (Å²) in [6.07, 6.45) is 0.213. The van der Waals surface area contributed by atoms with Gasteiger partial charge in [-0.05, 0) is 12.1 Å². The Balaban J connectivity index is 2.14. The minimum atomic E-state index is -0.538. The summed E-state index contributed by atoms with van der Waals surface area (Å²) in [5.41, 5.74) is 1.07. The van der Waals surface area contributed by atoms with Gasteiger partial charge in [0.2, 0.25) is 11.8 Å². The van der Waals surface area contributed by atoms with Crippen LogP contribution in [0, 0.1) is 0 Å². The quantitative estimate of drug-likeness (QED) is 0.746. The summed E-state index contributed by atoms with van der Waals surface area (Å²) in [5, 5.41) is 2.21. The number of imide groups is 1. The van der Waals surface area contributed by atoms with Crippen LogP contribution in [0.2, 0.25) is 0 Å². The third-order valence-electron chi connectivity index (χ3n) is 3.00. The van der Waals surface area contributed by atoms with E-state index in [1.54, 1.807) is 24.3 Å². The summed E-state index contributed by atoms with van der Waals surface area (Å²) in [7, 11) is 0. The maximum Gasteiger partial charge on any atom is 0.420 e. The molecule has 1 aliphatic rings. The molecule has 0 aliphatic carbocycles. The van der Waals surface area contributed by atoms with E-state index in [2.05, 4.69) is 5.32 Å². The predicted molar refractivity (Wildman–Crippen MR) is 61.9 cm³/mol. The van der Waals surface area contributed by atoms with Gasteiger partial charge < -0.3 is 4.42 Å². The van der Waals surface area contributed by atoms with Gasteiger partial charge in [0.25, 0.3) is 0 Å². The van der Waals surface area contributed by atoms with Gasteiger partial charge in [0, 0.05) is 12.8 Å². The Morgan fingerprint density at radius 2 is 1.78 bits per heavy atom. The van der Waals surface area contributed by atoms with Crippen LogP contribution in [0.3, 0.4) is 0 Å². The molecule has 0 saturated carbocycles. The van der Waals surface area contributed by atoms with E-state index in [0.717, 1.165) is 0 Å². The highest BCUT2D eigenvalue weighted by Crippen LogP contribution is 2.23. The molecule has 0 atom stereocenters. The summed E-state index contributed by atoms with van der Waals surface area (Å²) < 4.78 is 6.47. The smallest absolute Gasteiger partial charge is 0.408 e. The summed E-state index contributed by atoms with van der Waals surface area (Å²) in [6, 6.07) is 6.48. The predicted octanol–water partition coefficient (Wildman–Crippen LogP) is 0.572. The molecular weight excluding hydrogens is 236 g/mol. The van der Waals surface area contributed by atoms with Crippen LogP contribution in [0.1, 0.15) is 18.9 Å². The SMILES string of the molecule is O=C1CC(n2c(=O)oc3ccccc32)CC(=O)N1. The molecule has 1 aromatic heterocycles. The highest BCUT2D eigenvalue weighted by molar-refractivity contribution is 5.98. The average Bonchev–Trinajstić information content (AvgIpc) is 2.63. The van der Waals surface area contributed by atoms with Crippen LogP contribution in [0.5, 0.6) is 0 Å². The number of nitrogens with zero attached hydrogens (tertiary/aromatic N) is 1. The summed E-state index contributed by atoms with van der Waals surface area (Å²) in [5.74, 6) is -1.27. The Bertz CT molecular complexity index is 681. The van der Waals surface area contributed by atoms with E-state index < -0.39 is 11.8 Å². The van der Waals surface area contributed by atoms with Crippen molar-refractivity contribution < 1.29 is 14.0 Å². The van der Waals surface area contributed by atoms with Crippen molar-refractivity contribution in [2.75, 3.05) is 0 Å². The normalized spacial score (nSPS) is 17.1. The number of hydrogen-bond acceptors (Lipinski definition) is 4. The molecule has 0 bridgehead atoms. The fourth-order valence-electron chi connectivity index (χ4n) is 2.27. The Hall–Kier alpha value is -2.37. The van der Waals surface area contributed by atoms with Gasteiger partial charge in [-0.15, -0.1) is 0 Å². The van der Waals surface area contributed by atoms with Gasteiger partial charge in [0.05, 0.1) is 11.6 Å². The van der Waals surface area contributed by atoms with Gasteiger partial charge in [-0.3, -0.25) is 19.5 Å². The van der Waals surface area contributed by atoms with Crippen LogP contribution in [-0.4, -0.2) is 16.4 Å². The molecule has 0 spiro atoms. The minimum Gasteiger partial charge on any atom is -0.408 e. The van der Waals surface area contributed by atoms with Crippen molar-refractivity contribution in [2.24, 2.45) is 0 Å². The highest BCUT2D eigenvalue weighted by atomic mass is 16.4. The third kappa shape index (κ3) is 1.62. The first kappa shape index (κ1) is 10.8. The van der Waals surface area contributed by atoms with Crippen LogP contribution in [0.15, 0.2) is 33.5 Å². The Morgan fingerprint density at radius 1 is 1.11 bits per heavy atom. The van der Waals surface area contributed by atoms with Gasteiger partial charge in [-0.1, -0.05) is 12.1 Å².